The predicted molar refractivity (Wildman–Crippen MR) is 173 cm³/mol. The fraction of sp³-hybridized carbons (Fsp3) is 0.0968. The molecule has 0 saturated heterocycles. The summed E-state index contributed by atoms with van der Waals surface area (Å²) in [6.07, 6.45) is 2.24. The Morgan fingerprint density at radius 2 is 1.67 bits per heavy atom. The summed E-state index contributed by atoms with van der Waals surface area (Å²) in [6.45, 7) is -0.445. The molecule has 2 aromatic carbocycles. The first kappa shape index (κ1) is 32.3. The number of methoxy groups -OCH3 is 1. The van der Waals surface area contributed by atoms with Crippen molar-refractivity contribution in [3.8, 4) is 46.0 Å². The normalized spacial score (nSPS) is 11.0. The Morgan fingerprint density at radius 3 is 2.43 bits per heavy atom. The van der Waals surface area contributed by atoms with E-state index in [2.05, 4.69) is 50.6 Å². The van der Waals surface area contributed by atoms with Crippen molar-refractivity contribution in [2.24, 2.45) is 0 Å². The van der Waals surface area contributed by atoms with E-state index in [-0.39, 0.29) is 53.0 Å². The zero-order valence-corrected chi connectivity index (χ0v) is 26.4. The van der Waals surface area contributed by atoms with Gasteiger partial charge in [0.05, 0.1) is 12.0 Å². The molecule has 0 aliphatic heterocycles. The second-order valence-corrected chi connectivity index (χ2v) is 11.4. The third-order valence-electron chi connectivity index (χ3n) is 6.46. The van der Waals surface area contributed by atoms with Crippen molar-refractivity contribution < 1.29 is 32.2 Å². The van der Waals surface area contributed by atoms with Crippen LogP contribution in [0, 0.1) is 0 Å². The van der Waals surface area contributed by atoms with Crippen molar-refractivity contribution in [1.82, 2.24) is 40.6 Å². The van der Waals surface area contributed by atoms with Crippen LogP contribution in [0.1, 0.15) is 0 Å². The molecule has 4 heterocycles. The molecule has 248 valence electrons. The summed E-state index contributed by atoms with van der Waals surface area (Å²) in [5.41, 5.74) is 0.767. The number of hydrogen-bond acceptors (Lipinski definition) is 14. The van der Waals surface area contributed by atoms with Crippen molar-refractivity contribution in [2.45, 2.75) is 4.90 Å². The lowest BCUT2D eigenvalue weighted by molar-refractivity contribution is 0.135. The van der Waals surface area contributed by atoms with Crippen LogP contribution in [0.2, 0.25) is 0 Å². The van der Waals surface area contributed by atoms with Gasteiger partial charge in [0, 0.05) is 18.0 Å². The minimum Gasteiger partial charge on any atom is -0.493 e. The van der Waals surface area contributed by atoms with Crippen molar-refractivity contribution >= 4 is 27.8 Å². The standard InChI is InChI=1S/C31H26N10O7S/c1-45-23-11-5-6-12-24(23)48-26-29(39-49(43,44)21-9-3-2-4-10-21)35-27(20-14-16-32-22(19-20)28-37-40-41-38-28)36-30(26)46-17-18-47-31(42)34-25-13-7-8-15-33-25/h2-16,19H,17-18H2,1H3,(H,33,34,42)(H,35,36,39)(H,37,38,40,41). The number of nitrogens with zero attached hydrogens (tertiary/aromatic N) is 7. The molecule has 0 bridgehead atoms. The molecule has 0 unspecified atom stereocenters. The number of tetrazole rings is 1. The van der Waals surface area contributed by atoms with Gasteiger partial charge in [0.1, 0.15) is 24.7 Å². The van der Waals surface area contributed by atoms with Crippen LogP contribution in [-0.2, 0) is 14.8 Å². The highest BCUT2D eigenvalue weighted by Crippen LogP contribution is 2.41. The van der Waals surface area contributed by atoms with Crippen LogP contribution in [0.3, 0.4) is 0 Å². The number of amides is 1. The van der Waals surface area contributed by atoms with E-state index in [9.17, 15) is 13.2 Å². The van der Waals surface area contributed by atoms with Crippen molar-refractivity contribution in [2.75, 3.05) is 30.4 Å². The summed E-state index contributed by atoms with van der Waals surface area (Å²) in [4.78, 5) is 29.7. The molecule has 0 fully saturated rings. The first-order chi connectivity index (χ1) is 23.9. The Morgan fingerprint density at radius 1 is 0.878 bits per heavy atom. The van der Waals surface area contributed by atoms with Gasteiger partial charge >= 0.3 is 6.09 Å². The molecule has 0 aliphatic carbocycles. The van der Waals surface area contributed by atoms with Crippen LogP contribution in [0.25, 0.3) is 22.9 Å². The molecule has 49 heavy (non-hydrogen) atoms. The molecule has 6 aromatic rings. The van der Waals surface area contributed by atoms with Gasteiger partial charge in [-0.25, -0.2) is 28.3 Å². The number of anilines is 2. The van der Waals surface area contributed by atoms with E-state index in [1.165, 1.54) is 31.6 Å². The van der Waals surface area contributed by atoms with Crippen LogP contribution in [0.5, 0.6) is 23.1 Å². The number of hydrogen-bond donors (Lipinski definition) is 3. The van der Waals surface area contributed by atoms with Gasteiger partial charge in [0.15, 0.2) is 29.0 Å². The number of aromatic nitrogens is 8. The number of sulfonamides is 1. The monoisotopic (exact) mass is 682 g/mol. The second kappa shape index (κ2) is 14.8. The summed E-state index contributed by atoms with van der Waals surface area (Å²) < 4.78 is 52.5. The van der Waals surface area contributed by atoms with Gasteiger partial charge in [-0.1, -0.05) is 36.4 Å². The van der Waals surface area contributed by atoms with E-state index in [4.69, 9.17) is 18.9 Å². The number of ether oxygens (including phenoxy) is 4. The number of aromatic amines is 1. The summed E-state index contributed by atoms with van der Waals surface area (Å²) in [6, 6.07) is 22.6. The van der Waals surface area contributed by atoms with Crippen molar-refractivity contribution in [1.29, 1.82) is 0 Å². The van der Waals surface area contributed by atoms with Crippen LogP contribution < -0.4 is 24.2 Å². The molecular weight excluding hydrogens is 656 g/mol. The molecule has 0 atom stereocenters. The van der Waals surface area contributed by atoms with Gasteiger partial charge in [0.25, 0.3) is 15.9 Å². The molecule has 17 nitrogen and oxygen atoms in total. The van der Waals surface area contributed by atoms with E-state index < -0.39 is 16.1 Å². The number of nitrogens with one attached hydrogen (secondary N) is 3. The number of carbonyl (C=O) groups is 1. The zero-order valence-electron chi connectivity index (χ0n) is 25.5. The van der Waals surface area contributed by atoms with Gasteiger partial charge in [0.2, 0.25) is 5.75 Å². The molecule has 0 aliphatic rings. The van der Waals surface area contributed by atoms with Gasteiger partial charge in [-0.2, -0.15) is 4.98 Å². The van der Waals surface area contributed by atoms with Crippen LogP contribution in [0.4, 0.5) is 16.4 Å². The molecule has 1 amide bonds. The minimum absolute atomic E-state index is 0.0260. The highest BCUT2D eigenvalue weighted by molar-refractivity contribution is 7.92. The Bertz CT molecular complexity index is 2140. The maximum Gasteiger partial charge on any atom is 0.412 e. The maximum atomic E-state index is 13.6. The van der Waals surface area contributed by atoms with E-state index in [0.717, 1.165) is 0 Å². The molecule has 0 radical (unpaired) electrons. The van der Waals surface area contributed by atoms with Crippen LogP contribution in [0.15, 0.2) is 102 Å². The smallest absolute Gasteiger partial charge is 0.412 e. The number of rotatable bonds is 13. The summed E-state index contributed by atoms with van der Waals surface area (Å²) in [7, 11) is -2.75. The first-order valence-electron chi connectivity index (χ1n) is 14.4. The minimum atomic E-state index is -4.20. The summed E-state index contributed by atoms with van der Waals surface area (Å²) in [5, 5.41) is 16.2. The number of para-hydroxylation sites is 2. The SMILES string of the molecule is COc1ccccc1Oc1c(NS(=O)(=O)c2ccccc2)nc(-c2ccnc(-c3nnn[nH]3)c2)nc1OCCOC(=O)Nc1ccccn1. The van der Waals surface area contributed by atoms with Gasteiger partial charge in [-0.3, -0.25) is 15.0 Å². The highest BCUT2D eigenvalue weighted by Gasteiger charge is 2.26. The molecule has 3 N–H and O–H groups in total. The topological polar surface area (TPSA) is 218 Å². The maximum absolute atomic E-state index is 13.6. The van der Waals surface area contributed by atoms with Crippen molar-refractivity contribution in [3.05, 3.63) is 97.3 Å². The largest absolute Gasteiger partial charge is 0.493 e. The molecule has 0 spiro atoms. The predicted octanol–water partition coefficient (Wildman–Crippen LogP) is 4.34. The fourth-order valence-electron chi connectivity index (χ4n) is 4.23. The van der Waals surface area contributed by atoms with Gasteiger partial charge in [-0.15, -0.1) is 5.10 Å². The Labute approximate surface area is 278 Å². The quantitative estimate of drug-likeness (QED) is 0.144. The van der Waals surface area contributed by atoms with Crippen LogP contribution in [-0.4, -0.2) is 75.4 Å². The highest BCUT2D eigenvalue weighted by atomic mass is 32.2. The Balaban J connectivity index is 1.39. The lowest BCUT2D eigenvalue weighted by atomic mass is 10.2. The average Bonchev–Trinajstić information content (AvgIpc) is 3.68. The fourth-order valence-corrected chi connectivity index (χ4v) is 5.26. The van der Waals surface area contributed by atoms with Gasteiger partial charge < -0.3 is 18.9 Å². The van der Waals surface area contributed by atoms with E-state index in [1.807, 2.05) is 0 Å². The third-order valence-corrected chi connectivity index (χ3v) is 7.81. The van der Waals surface area contributed by atoms with E-state index >= 15 is 0 Å². The number of pyridine rings is 2. The van der Waals surface area contributed by atoms with Gasteiger partial charge in [-0.05, 0) is 59.0 Å². The van der Waals surface area contributed by atoms with E-state index in [0.29, 0.717) is 22.8 Å². The van der Waals surface area contributed by atoms with E-state index in [1.54, 1.807) is 72.8 Å². The lowest BCUT2D eigenvalue weighted by Gasteiger charge is -2.18. The van der Waals surface area contributed by atoms with Crippen molar-refractivity contribution in [3.63, 3.8) is 0 Å². The molecule has 0 saturated carbocycles. The number of carbonyl (C=O) groups excluding carboxylic acids is 1. The summed E-state index contributed by atoms with van der Waals surface area (Å²) in [5.74, 6) is 0.510. The lowest BCUT2D eigenvalue weighted by Crippen LogP contribution is -2.19. The molecule has 4 aromatic heterocycles. The number of benzene rings is 2. The van der Waals surface area contributed by atoms with Crippen LogP contribution >= 0.6 is 0 Å². The number of H-pyrrole nitrogens is 1. The zero-order chi connectivity index (χ0) is 34.1. The Kier molecular flexibility index (Phi) is 9.75. The molecule has 18 heteroatoms. The average molecular weight is 683 g/mol. The Hall–Kier alpha value is -6.69. The molecular formula is C31H26N10O7S. The molecule has 6 rings (SSSR count). The summed E-state index contributed by atoms with van der Waals surface area (Å²) >= 11 is 0. The second-order valence-electron chi connectivity index (χ2n) is 9.71. The first-order valence-corrected chi connectivity index (χ1v) is 15.9. The third kappa shape index (κ3) is 8.00.